The van der Waals surface area contributed by atoms with Crippen LogP contribution >= 0.6 is 0 Å². The number of nitrogens with one attached hydrogen (secondary N) is 3. The van der Waals surface area contributed by atoms with Crippen molar-refractivity contribution in [2.24, 2.45) is 0 Å². The van der Waals surface area contributed by atoms with Crippen LogP contribution in [0.4, 0.5) is 16.4 Å². The monoisotopic (exact) mass is 389 g/mol. The van der Waals surface area contributed by atoms with Crippen LogP contribution in [0.2, 0.25) is 0 Å². The molecule has 3 N–H and O–H groups in total. The van der Waals surface area contributed by atoms with Crippen molar-refractivity contribution in [2.45, 2.75) is 18.9 Å². The number of benzene rings is 1. The van der Waals surface area contributed by atoms with Crippen LogP contribution in [0.5, 0.6) is 0 Å². The van der Waals surface area contributed by atoms with Crippen molar-refractivity contribution in [3.8, 4) is 11.3 Å². The maximum Gasteiger partial charge on any atom is 0.319 e. The third-order valence-electron chi connectivity index (χ3n) is 5.19. The van der Waals surface area contributed by atoms with Crippen LogP contribution in [0.15, 0.2) is 42.7 Å². The van der Waals surface area contributed by atoms with Crippen molar-refractivity contribution < 1.29 is 4.79 Å². The molecule has 3 aromatic rings. The standard InChI is InChI=1S/C21H23N7O/c29-21(25-16-1-2-16)26-17-3-4-18-14(12-17)11-15(13-24-18)19-5-6-23-20(27-19)28-9-7-22-8-10-28/h3-6,11-13,16,22H,1-2,7-10H2,(H2,25,26,29). The number of carbonyl (C=O) groups excluding carboxylic acids is 1. The first kappa shape index (κ1) is 17.8. The lowest BCUT2D eigenvalue weighted by molar-refractivity contribution is 0.251. The van der Waals surface area contributed by atoms with Crippen LogP contribution in [0.3, 0.4) is 0 Å². The molecule has 1 saturated carbocycles. The van der Waals surface area contributed by atoms with Gasteiger partial charge in [0, 0.05) is 61.3 Å². The molecular formula is C21H23N7O. The minimum atomic E-state index is -0.160. The number of aromatic nitrogens is 3. The average molecular weight is 389 g/mol. The number of pyridine rings is 1. The van der Waals surface area contributed by atoms with E-state index in [4.69, 9.17) is 4.98 Å². The van der Waals surface area contributed by atoms with Crippen molar-refractivity contribution >= 4 is 28.6 Å². The second kappa shape index (κ2) is 7.63. The fourth-order valence-electron chi connectivity index (χ4n) is 3.46. The third kappa shape index (κ3) is 4.12. The summed E-state index contributed by atoms with van der Waals surface area (Å²) in [6, 6.07) is 9.85. The van der Waals surface area contributed by atoms with Crippen molar-refractivity contribution in [1.29, 1.82) is 0 Å². The molecule has 1 saturated heterocycles. The molecule has 0 bridgehead atoms. The molecule has 148 valence electrons. The molecule has 1 aliphatic carbocycles. The van der Waals surface area contributed by atoms with E-state index in [0.29, 0.717) is 6.04 Å². The Morgan fingerprint density at radius 1 is 1.10 bits per heavy atom. The number of rotatable bonds is 4. The number of piperazine rings is 1. The highest BCUT2D eigenvalue weighted by molar-refractivity contribution is 5.93. The molecule has 2 aromatic heterocycles. The molecule has 2 aliphatic rings. The van der Waals surface area contributed by atoms with Gasteiger partial charge in [0.15, 0.2) is 0 Å². The minimum absolute atomic E-state index is 0.160. The summed E-state index contributed by atoms with van der Waals surface area (Å²) >= 11 is 0. The Morgan fingerprint density at radius 3 is 2.79 bits per heavy atom. The molecule has 0 spiro atoms. The summed E-state index contributed by atoms with van der Waals surface area (Å²) < 4.78 is 0. The number of hydrogen-bond donors (Lipinski definition) is 3. The molecule has 8 nitrogen and oxygen atoms in total. The van der Waals surface area contributed by atoms with Crippen LogP contribution in [0, 0.1) is 0 Å². The average Bonchev–Trinajstić information content (AvgIpc) is 3.58. The summed E-state index contributed by atoms with van der Waals surface area (Å²) in [5.74, 6) is 0.747. The van der Waals surface area contributed by atoms with Gasteiger partial charge in [-0.1, -0.05) is 0 Å². The number of hydrogen-bond acceptors (Lipinski definition) is 6. The second-order valence-electron chi connectivity index (χ2n) is 7.48. The van der Waals surface area contributed by atoms with Gasteiger partial charge in [0.2, 0.25) is 5.95 Å². The van der Waals surface area contributed by atoms with E-state index in [1.807, 2.05) is 30.5 Å². The molecule has 2 fully saturated rings. The first-order valence-corrected chi connectivity index (χ1v) is 10.0. The lowest BCUT2D eigenvalue weighted by Crippen LogP contribution is -2.44. The predicted octanol–water partition coefficient (Wildman–Crippen LogP) is 2.39. The van der Waals surface area contributed by atoms with Crippen LogP contribution in [0.25, 0.3) is 22.2 Å². The zero-order valence-corrected chi connectivity index (χ0v) is 16.1. The first-order valence-electron chi connectivity index (χ1n) is 10.0. The van der Waals surface area contributed by atoms with Gasteiger partial charge in [-0.2, -0.15) is 0 Å². The first-order chi connectivity index (χ1) is 14.2. The number of anilines is 2. The normalized spacial score (nSPS) is 16.6. The Labute approximate surface area is 168 Å². The molecular weight excluding hydrogens is 366 g/mol. The van der Waals surface area contributed by atoms with Gasteiger partial charge in [0.1, 0.15) is 0 Å². The van der Waals surface area contributed by atoms with Gasteiger partial charge in [-0.3, -0.25) is 4.98 Å². The van der Waals surface area contributed by atoms with E-state index in [-0.39, 0.29) is 6.03 Å². The van der Waals surface area contributed by atoms with Gasteiger partial charge in [0.25, 0.3) is 0 Å². The highest BCUT2D eigenvalue weighted by atomic mass is 16.2. The quantitative estimate of drug-likeness (QED) is 0.634. The molecule has 1 aromatic carbocycles. The van der Waals surface area contributed by atoms with E-state index < -0.39 is 0 Å². The third-order valence-corrected chi connectivity index (χ3v) is 5.19. The summed E-state index contributed by atoms with van der Waals surface area (Å²) in [5.41, 5.74) is 3.39. The largest absolute Gasteiger partial charge is 0.338 e. The molecule has 2 amide bonds. The Bertz CT molecular complexity index is 1040. The van der Waals surface area contributed by atoms with Gasteiger partial charge in [-0.15, -0.1) is 0 Å². The minimum Gasteiger partial charge on any atom is -0.338 e. The second-order valence-corrected chi connectivity index (χ2v) is 7.48. The summed E-state index contributed by atoms with van der Waals surface area (Å²) in [6.45, 7) is 3.68. The highest BCUT2D eigenvalue weighted by Gasteiger charge is 2.23. The predicted molar refractivity (Wildman–Crippen MR) is 113 cm³/mol. The van der Waals surface area contributed by atoms with Crippen molar-refractivity contribution in [1.82, 2.24) is 25.6 Å². The molecule has 0 radical (unpaired) electrons. The van der Waals surface area contributed by atoms with Gasteiger partial charge >= 0.3 is 6.03 Å². The maximum atomic E-state index is 12.0. The fraction of sp³-hybridized carbons (Fsp3) is 0.333. The van der Waals surface area contributed by atoms with Crippen LogP contribution < -0.4 is 20.9 Å². The van der Waals surface area contributed by atoms with E-state index in [1.54, 1.807) is 6.20 Å². The Morgan fingerprint density at radius 2 is 1.97 bits per heavy atom. The summed E-state index contributed by atoms with van der Waals surface area (Å²) in [7, 11) is 0. The SMILES string of the molecule is O=C(Nc1ccc2ncc(-c3ccnc(N4CCNCC4)n3)cc2c1)NC1CC1. The van der Waals surface area contributed by atoms with E-state index in [0.717, 1.165) is 72.8 Å². The lowest BCUT2D eigenvalue weighted by atomic mass is 10.1. The van der Waals surface area contributed by atoms with E-state index >= 15 is 0 Å². The van der Waals surface area contributed by atoms with Crippen LogP contribution in [-0.4, -0.2) is 53.2 Å². The molecule has 8 heteroatoms. The number of fused-ring (bicyclic) bond motifs is 1. The van der Waals surface area contributed by atoms with E-state index in [9.17, 15) is 4.79 Å². The molecule has 0 unspecified atom stereocenters. The number of carbonyl (C=O) groups is 1. The van der Waals surface area contributed by atoms with Crippen molar-refractivity contribution in [3.63, 3.8) is 0 Å². The molecule has 0 atom stereocenters. The molecule has 5 rings (SSSR count). The maximum absolute atomic E-state index is 12.0. The van der Waals surface area contributed by atoms with Gasteiger partial charge < -0.3 is 20.9 Å². The van der Waals surface area contributed by atoms with Gasteiger partial charge in [-0.25, -0.2) is 14.8 Å². The zero-order chi connectivity index (χ0) is 19.6. The Hall–Kier alpha value is -3.26. The smallest absolute Gasteiger partial charge is 0.319 e. The summed E-state index contributed by atoms with van der Waals surface area (Å²) in [6.07, 6.45) is 5.75. The lowest BCUT2D eigenvalue weighted by Gasteiger charge is -2.27. The Balaban J connectivity index is 1.40. The van der Waals surface area contributed by atoms with Gasteiger partial charge in [-0.05, 0) is 43.2 Å². The van der Waals surface area contributed by atoms with E-state index in [1.165, 1.54) is 0 Å². The number of urea groups is 1. The molecule has 3 heterocycles. The fourth-order valence-corrected chi connectivity index (χ4v) is 3.46. The van der Waals surface area contributed by atoms with E-state index in [2.05, 4.69) is 36.9 Å². The summed E-state index contributed by atoms with van der Waals surface area (Å²) in [4.78, 5) is 28.0. The topological polar surface area (TPSA) is 95.1 Å². The summed E-state index contributed by atoms with van der Waals surface area (Å²) in [5, 5.41) is 10.1. The molecule has 1 aliphatic heterocycles. The number of nitrogens with zero attached hydrogens (tertiary/aromatic N) is 4. The van der Waals surface area contributed by atoms with Crippen molar-refractivity contribution in [2.75, 3.05) is 36.4 Å². The van der Waals surface area contributed by atoms with Crippen LogP contribution in [0.1, 0.15) is 12.8 Å². The van der Waals surface area contributed by atoms with Gasteiger partial charge in [0.05, 0.1) is 11.2 Å². The zero-order valence-electron chi connectivity index (χ0n) is 16.1. The van der Waals surface area contributed by atoms with Crippen LogP contribution in [-0.2, 0) is 0 Å². The Kier molecular flexibility index (Phi) is 4.69. The number of amides is 2. The highest BCUT2D eigenvalue weighted by Crippen LogP contribution is 2.25. The molecule has 29 heavy (non-hydrogen) atoms. The van der Waals surface area contributed by atoms with Crippen molar-refractivity contribution in [3.05, 3.63) is 42.7 Å².